The fraction of sp³-hybridized carbons (Fsp3) is 0.429. The largest absolute Gasteiger partial charge is 0.207 e. The third-order valence-corrected chi connectivity index (χ3v) is 1.35. The van der Waals surface area contributed by atoms with Crippen LogP contribution >= 0.6 is 0 Å². The Morgan fingerprint density at radius 3 is 2.75 bits per heavy atom. The van der Waals surface area contributed by atoms with E-state index in [1.807, 2.05) is 13.0 Å². The summed E-state index contributed by atoms with van der Waals surface area (Å²) in [6.45, 7) is 2.05. The molecule has 1 heteroatoms. The van der Waals surface area contributed by atoms with Gasteiger partial charge in [0.25, 0.3) is 0 Å². The van der Waals surface area contributed by atoms with E-state index in [0.717, 1.165) is 6.42 Å². The van der Waals surface area contributed by atoms with Crippen LogP contribution in [0.1, 0.15) is 13.3 Å². The van der Waals surface area contributed by atoms with Gasteiger partial charge in [-0.25, -0.2) is 4.39 Å². The van der Waals surface area contributed by atoms with Gasteiger partial charge in [0.1, 0.15) is 5.83 Å². The average molecular weight is 112 g/mol. The van der Waals surface area contributed by atoms with Crippen molar-refractivity contribution in [3.05, 3.63) is 24.1 Å². The normalized spacial score (nSPS) is 26.2. The predicted molar refractivity (Wildman–Crippen MR) is 32.1 cm³/mol. The van der Waals surface area contributed by atoms with Crippen LogP contribution in [0.2, 0.25) is 0 Å². The Morgan fingerprint density at radius 2 is 2.50 bits per heavy atom. The maximum atomic E-state index is 12.1. The number of rotatable bonds is 1. The molecule has 1 unspecified atom stereocenters. The molecule has 0 saturated carbocycles. The maximum Gasteiger partial charge on any atom is 0.119 e. The van der Waals surface area contributed by atoms with Gasteiger partial charge in [0.15, 0.2) is 0 Å². The van der Waals surface area contributed by atoms with Gasteiger partial charge in [-0.2, -0.15) is 0 Å². The Morgan fingerprint density at radius 1 is 1.75 bits per heavy atom. The van der Waals surface area contributed by atoms with Crippen LogP contribution in [0.3, 0.4) is 0 Å². The van der Waals surface area contributed by atoms with Crippen molar-refractivity contribution >= 4 is 0 Å². The number of hydrogen-bond acceptors (Lipinski definition) is 0. The van der Waals surface area contributed by atoms with Gasteiger partial charge in [0.2, 0.25) is 0 Å². The first-order valence-corrected chi connectivity index (χ1v) is 2.88. The Kier molecular flexibility index (Phi) is 1.47. The van der Waals surface area contributed by atoms with Gasteiger partial charge in [-0.3, -0.25) is 0 Å². The lowest BCUT2D eigenvalue weighted by molar-refractivity contribution is 0.658. The average Bonchev–Trinajstić information content (AvgIpc) is 2.14. The van der Waals surface area contributed by atoms with Gasteiger partial charge in [0.05, 0.1) is 0 Å². The summed E-state index contributed by atoms with van der Waals surface area (Å²) in [6, 6.07) is 0. The summed E-state index contributed by atoms with van der Waals surface area (Å²) in [7, 11) is 0. The SMILES string of the molecule is CCC1C=CC(F)=C1. The van der Waals surface area contributed by atoms with Crippen molar-refractivity contribution in [3.63, 3.8) is 0 Å². The van der Waals surface area contributed by atoms with Gasteiger partial charge in [-0.15, -0.1) is 0 Å². The minimum absolute atomic E-state index is 0.0862. The van der Waals surface area contributed by atoms with E-state index in [9.17, 15) is 4.39 Å². The monoisotopic (exact) mass is 112 g/mol. The van der Waals surface area contributed by atoms with E-state index in [2.05, 4.69) is 0 Å². The van der Waals surface area contributed by atoms with Crippen molar-refractivity contribution in [3.8, 4) is 0 Å². The second-order valence-electron chi connectivity index (χ2n) is 1.98. The van der Waals surface area contributed by atoms with Crippen molar-refractivity contribution in [1.82, 2.24) is 0 Å². The molecule has 1 atom stereocenters. The molecule has 0 nitrogen and oxygen atoms in total. The van der Waals surface area contributed by atoms with Crippen LogP contribution in [0, 0.1) is 5.92 Å². The van der Waals surface area contributed by atoms with Crippen LogP contribution in [0.15, 0.2) is 24.1 Å². The van der Waals surface area contributed by atoms with Gasteiger partial charge in [-0.1, -0.05) is 13.0 Å². The lowest BCUT2D eigenvalue weighted by Crippen LogP contribution is -1.81. The molecule has 1 aliphatic rings. The lowest BCUT2D eigenvalue weighted by Gasteiger charge is -1.93. The van der Waals surface area contributed by atoms with Gasteiger partial charge < -0.3 is 0 Å². The molecular formula is C7H9F. The van der Waals surface area contributed by atoms with Crippen molar-refractivity contribution in [1.29, 1.82) is 0 Å². The first kappa shape index (κ1) is 5.54. The van der Waals surface area contributed by atoms with E-state index in [1.165, 1.54) is 6.08 Å². The molecule has 0 aromatic rings. The third-order valence-electron chi connectivity index (χ3n) is 1.35. The summed E-state index contributed by atoms with van der Waals surface area (Å²) >= 11 is 0. The molecule has 0 aliphatic heterocycles. The molecule has 8 heavy (non-hydrogen) atoms. The second-order valence-corrected chi connectivity index (χ2v) is 1.98. The topological polar surface area (TPSA) is 0 Å². The molecule has 0 bridgehead atoms. The zero-order valence-corrected chi connectivity index (χ0v) is 4.89. The van der Waals surface area contributed by atoms with E-state index >= 15 is 0 Å². The molecule has 0 radical (unpaired) electrons. The summed E-state index contributed by atoms with van der Waals surface area (Å²) in [4.78, 5) is 0. The van der Waals surface area contributed by atoms with E-state index in [4.69, 9.17) is 0 Å². The highest BCUT2D eigenvalue weighted by molar-refractivity contribution is 5.22. The minimum Gasteiger partial charge on any atom is -0.207 e. The first-order valence-electron chi connectivity index (χ1n) is 2.88. The Balaban J connectivity index is 2.55. The fourth-order valence-electron chi connectivity index (χ4n) is 0.785. The fourth-order valence-corrected chi connectivity index (χ4v) is 0.785. The van der Waals surface area contributed by atoms with E-state index in [0.29, 0.717) is 5.92 Å². The van der Waals surface area contributed by atoms with Crippen molar-refractivity contribution in [2.75, 3.05) is 0 Å². The van der Waals surface area contributed by atoms with E-state index in [-0.39, 0.29) is 5.83 Å². The molecule has 1 rings (SSSR count). The van der Waals surface area contributed by atoms with Crippen molar-refractivity contribution in [2.45, 2.75) is 13.3 Å². The lowest BCUT2D eigenvalue weighted by atomic mass is 10.1. The number of halogens is 1. The summed E-state index contributed by atoms with van der Waals surface area (Å²) in [5.41, 5.74) is 0. The highest BCUT2D eigenvalue weighted by Gasteiger charge is 2.04. The quantitative estimate of drug-likeness (QED) is 0.488. The number of hydrogen-bond donors (Lipinski definition) is 0. The molecule has 0 aromatic heterocycles. The van der Waals surface area contributed by atoms with E-state index in [1.54, 1.807) is 6.08 Å². The minimum atomic E-state index is -0.0862. The molecule has 0 fully saturated rings. The van der Waals surface area contributed by atoms with E-state index < -0.39 is 0 Å². The van der Waals surface area contributed by atoms with Gasteiger partial charge >= 0.3 is 0 Å². The van der Waals surface area contributed by atoms with Crippen LogP contribution in [0.5, 0.6) is 0 Å². The molecule has 0 spiro atoms. The highest BCUT2D eigenvalue weighted by Crippen LogP contribution is 2.18. The van der Waals surface area contributed by atoms with Crippen LogP contribution < -0.4 is 0 Å². The third kappa shape index (κ3) is 0.971. The molecule has 0 aromatic carbocycles. The van der Waals surface area contributed by atoms with Crippen LogP contribution in [-0.4, -0.2) is 0 Å². The zero-order chi connectivity index (χ0) is 5.98. The highest BCUT2D eigenvalue weighted by atomic mass is 19.1. The number of allylic oxidation sites excluding steroid dienone is 4. The Bertz CT molecular complexity index is 133. The van der Waals surface area contributed by atoms with Crippen molar-refractivity contribution in [2.24, 2.45) is 5.92 Å². The van der Waals surface area contributed by atoms with Gasteiger partial charge in [0, 0.05) is 0 Å². The first-order chi connectivity index (χ1) is 3.83. The molecule has 0 saturated heterocycles. The van der Waals surface area contributed by atoms with Crippen molar-refractivity contribution < 1.29 is 4.39 Å². The second kappa shape index (κ2) is 2.12. The van der Waals surface area contributed by atoms with Crippen LogP contribution in [0.25, 0.3) is 0 Å². The molecule has 0 heterocycles. The summed E-state index contributed by atoms with van der Waals surface area (Å²) in [6.07, 6.45) is 6.05. The van der Waals surface area contributed by atoms with Crippen LogP contribution in [-0.2, 0) is 0 Å². The molecule has 0 N–H and O–H groups in total. The standard InChI is InChI=1S/C7H9F/c1-2-6-3-4-7(8)5-6/h3-6H,2H2,1H3. The molecule has 0 amide bonds. The Labute approximate surface area is 48.7 Å². The Hall–Kier alpha value is -0.590. The smallest absolute Gasteiger partial charge is 0.119 e. The summed E-state index contributed by atoms with van der Waals surface area (Å²) in [5.74, 6) is 0.270. The molecule has 44 valence electrons. The predicted octanol–water partition coefficient (Wildman–Crippen LogP) is 2.44. The van der Waals surface area contributed by atoms with Crippen LogP contribution in [0.4, 0.5) is 4.39 Å². The maximum absolute atomic E-state index is 12.1. The molecule has 1 aliphatic carbocycles. The summed E-state index contributed by atoms with van der Waals surface area (Å²) in [5, 5.41) is 0. The van der Waals surface area contributed by atoms with Gasteiger partial charge in [-0.05, 0) is 24.5 Å². The zero-order valence-electron chi connectivity index (χ0n) is 4.89. The summed E-state index contributed by atoms with van der Waals surface area (Å²) < 4.78 is 12.1. The molecular weight excluding hydrogens is 103 g/mol.